The number of nitrogens with one attached hydrogen (secondary N) is 1. The fourth-order valence-electron chi connectivity index (χ4n) is 0.527. The van der Waals surface area contributed by atoms with E-state index in [9.17, 15) is 4.79 Å². The first-order chi connectivity index (χ1) is 5.22. The van der Waals surface area contributed by atoms with Crippen LogP contribution in [0.2, 0.25) is 0 Å². The molecule has 4 heteroatoms. The van der Waals surface area contributed by atoms with Crippen LogP contribution in [0.5, 0.6) is 0 Å². The summed E-state index contributed by atoms with van der Waals surface area (Å²) in [7, 11) is 3.09. The van der Waals surface area contributed by atoms with Crippen molar-refractivity contribution in [3.63, 3.8) is 0 Å². The second-order valence-corrected chi connectivity index (χ2v) is 2.16. The van der Waals surface area contributed by atoms with E-state index in [4.69, 9.17) is 9.47 Å². The maximum absolute atomic E-state index is 11.0. The zero-order valence-electron chi connectivity index (χ0n) is 7.22. The third kappa shape index (κ3) is 4.75. The predicted octanol–water partition coefficient (Wildman–Crippen LogP) is -0.216. The van der Waals surface area contributed by atoms with E-state index in [1.807, 2.05) is 0 Å². The molecule has 4 nitrogen and oxygen atoms in total. The van der Waals surface area contributed by atoms with E-state index in [1.54, 1.807) is 14.0 Å². The van der Waals surface area contributed by atoms with Gasteiger partial charge >= 0.3 is 0 Å². The van der Waals surface area contributed by atoms with Gasteiger partial charge in [-0.2, -0.15) is 0 Å². The van der Waals surface area contributed by atoms with Gasteiger partial charge in [0.15, 0.2) is 0 Å². The Labute approximate surface area is 66.9 Å². The fraction of sp³-hybridized carbons (Fsp3) is 0.857. The minimum absolute atomic E-state index is 0.107. The van der Waals surface area contributed by atoms with Gasteiger partial charge in [0.1, 0.15) is 6.10 Å². The SMILES string of the molecule is COCCNC(=O)C(C)OC. The van der Waals surface area contributed by atoms with E-state index >= 15 is 0 Å². The van der Waals surface area contributed by atoms with Gasteiger partial charge in [0.2, 0.25) is 5.91 Å². The van der Waals surface area contributed by atoms with Gasteiger partial charge in [0.25, 0.3) is 0 Å². The lowest BCUT2D eigenvalue weighted by atomic mass is 10.4. The summed E-state index contributed by atoms with van der Waals surface area (Å²) in [5.74, 6) is -0.107. The molecule has 66 valence electrons. The van der Waals surface area contributed by atoms with Crippen molar-refractivity contribution in [2.45, 2.75) is 13.0 Å². The number of carbonyl (C=O) groups is 1. The summed E-state index contributed by atoms with van der Waals surface area (Å²) in [6, 6.07) is 0. The van der Waals surface area contributed by atoms with Crippen molar-refractivity contribution in [1.82, 2.24) is 5.32 Å². The largest absolute Gasteiger partial charge is 0.383 e. The molecule has 0 fully saturated rings. The van der Waals surface area contributed by atoms with Crippen LogP contribution in [0.1, 0.15) is 6.92 Å². The Morgan fingerprint density at radius 2 is 2.18 bits per heavy atom. The summed E-state index contributed by atoms with van der Waals surface area (Å²) >= 11 is 0. The number of carbonyl (C=O) groups excluding carboxylic acids is 1. The highest BCUT2D eigenvalue weighted by Gasteiger charge is 2.09. The average molecular weight is 161 g/mol. The number of hydrogen-bond donors (Lipinski definition) is 1. The van der Waals surface area contributed by atoms with Crippen LogP contribution in [0.4, 0.5) is 0 Å². The van der Waals surface area contributed by atoms with Crippen LogP contribution in [-0.2, 0) is 14.3 Å². The van der Waals surface area contributed by atoms with Gasteiger partial charge in [-0.25, -0.2) is 0 Å². The molecule has 1 N–H and O–H groups in total. The lowest BCUT2D eigenvalue weighted by Gasteiger charge is -2.09. The number of hydrogen-bond acceptors (Lipinski definition) is 3. The summed E-state index contributed by atoms with van der Waals surface area (Å²) in [6.07, 6.45) is -0.383. The zero-order chi connectivity index (χ0) is 8.69. The zero-order valence-corrected chi connectivity index (χ0v) is 7.22. The van der Waals surface area contributed by atoms with Gasteiger partial charge in [-0.05, 0) is 6.92 Å². The lowest BCUT2D eigenvalue weighted by molar-refractivity contribution is -0.130. The quantitative estimate of drug-likeness (QED) is 0.567. The highest BCUT2D eigenvalue weighted by atomic mass is 16.5. The number of amides is 1. The Kier molecular flexibility index (Phi) is 5.78. The first-order valence-electron chi connectivity index (χ1n) is 3.51. The van der Waals surface area contributed by atoms with Gasteiger partial charge in [-0.3, -0.25) is 4.79 Å². The van der Waals surface area contributed by atoms with Crippen LogP contribution in [0.25, 0.3) is 0 Å². The molecule has 0 saturated carbocycles. The summed E-state index contributed by atoms with van der Waals surface area (Å²) in [5, 5.41) is 2.65. The van der Waals surface area contributed by atoms with Crippen LogP contribution in [0, 0.1) is 0 Å². The maximum Gasteiger partial charge on any atom is 0.248 e. The lowest BCUT2D eigenvalue weighted by Crippen LogP contribution is -2.35. The van der Waals surface area contributed by atoms with E-state index < -0.39 is 0 Å². The molecule has 0 aromatic rings. The smallest absolute Gasteiger partial charge is 0.248 e. The second kappa shape index (κ2) is 6.12. The monoisotopic (exact) mass is 161 g/mol. The number of methoxy groups -OCH3 is 2. The average Bonchev–Trinajstić information content (AvgIpc) is 2.03. The third-order valence-corrected chi connectivity index (χ3v) is 1.33. The van der Waals surface area contributed by atoms with Crippen molar-refractivity contribution >= 4 is 5.91 Å². The van der Waals surface area contributed by atoms with Crippen LogP contribution < -0.4 is 5.32 Å². The molecule has 0 aliphatic rings. The molecule has 0 bridgehead atoms. The summed E-state index contributed by atoms with van der Waals surface area (Å²) in [6.45, 7) is 2.76. The molecule has 0 aromatic carbocycles. The Bertz CT molecular complexity index is 116. The molecule has 11 heavy (non-hydrogen) atoms. The Hall–Kier alpha value is -0.610. The van der Waals surface area contributed by atoms with Crippen LogP contribution in [0.3, 0.4) is 0 Å². The Morgan fingerprint density at radius 1 is 1.55 bits per heavy atom. The van der Waals surface area contributed by atoms with Crippen molar-refractivity contribution < 1.29 is 14.3 Å². The molecule has 1 atom stereocenters. The molecule has 0 heterocycles. The van der Waals surface area contributed by atoms with E-state index in [0.29, 0.717) is 13.2 Å². The van der Waals surface area contributed by atoms with Crippen molar-refractivity contribution in [2.75, 3.05) is 27.4 Å². The summed E-state index contributed by atoms with van der Waals surface area (Å²) in [5.41, 5.74) is 0. The first-order valence-corrected chi connectivity index (χ1v) is 3.51. The second-order valence-electron chi connectivity index (χ2n) is 2.16. The predicted molar refractivity (Wildman–Crippen MR) is 41.4 cm³/mol. The number of ether oxygens (including phenoxy) is 2. The van der Waals surface area contributed by atoms with Gasteiger partial charge in [0, 0.05) is 20.8 Å². The van der Waals surface area contributed by atoms with E-state index in [-0.39, 0.29) is 12.0 Å². The summed E-state index contributed by atoms with van der Waals surface area (Å²) in [4.78, 5) is 11.0. The maximum atomic E-state index is 11.0. The highest BCUT2D eigenvalue weighted by Crippen LogP contribution is 1.85. The Balaban J connectivity index is 3.36. The molecule has 1 unspecified atom stereocenters. The first kappa shape index (κ1) is 10.4. The molecular weight excluding hydrogens is 146 g/mol. The minimum atomic E-state index is -0.383. The van der Waals surface area contributed by atoms with E-state index in [1.165, 1.54) is 7.11 Å². The van der Waals surface area contributed by atoms with Gasteiger partial charge in [0.05, 0.1) is 6.61 Å². The van der Waals surface area contributed by atoms with Gasteiger partial charge in [-0.1, -0.05) is 0 Å². The van der Waals surface area contributed by atoms with E-state index in [0.717, 1.165) is 0 Å². The third-order valence-electron chi connectivity index (χ3n) is 1.33. The van der Waals surface area contributed by atoms with Crippen molar-refractivity contribution in [3.05, 3.63) is 0 Å². The van der Waals surface area contributed by atoms with Crippen molar-refractivity contribution in [2.24, 2.45) is 0 Å². The molecule has 0 aliphatic carbocycles. The summed E-state index contributed by atoms with van der Waals surface area (Å²) < 4.78 is 9.54. The highest BCUT2D eigenvalue weighted by molar-refractivity contribution is 5.80. The topological polar surface area (TPSA) is 47.6 Å². The molecule has 0 rings (SSSR count). The number of rotatable bonds is 5. The van der Waals surface area contributed by atoms with Gasteiger partial charge < -0.3 is 14.8 Å². The normalized spacial score (nSPS) is 12.6. The van der Waals surface area contributed by atoms with Crippen molar-refractivity contribution in [3.8, 4) is 0 Å². The minimum Gasteiger partial charge on any atom is -0.383 e. The molecule has 0 radical (unpaired) electrons. The molecule has 0 aromatic heterocycles. The van der Waals surface area contributed by atoms with Crippen LogP contribution in [-0.4, -0.2) is 39.4 Å². The standard InChI is InChI=1S/C7H15NO3/c1-6(11-3)7(9)8-4-5-10-2/h6H,4-5H2,1-3H3,(H,8,9). The molecule has 1 amide bonds. The van der Waals surface area contributed by atoms with E-state index in [2.05, 4.69) is 5.32 Å². The van der Waals surface area contributed by atoms with Crippen LogP contribution in [0.15, 0.2) is 0 Å². The molecule has 0 aliphatic heterocycles. The molecule has 0 spiro atoms. The van der Waals surface area contributed by atoms with Gasteiger partial charge in [-0.15, -0.1) is 0 Å². The van der Waals surface area contributed by atoms with Crippen LogP contribution >= 0.6 is 0 Å². The fourth-order valence-corrected chi connectivity index (χ4v) is 0.527. The van der Waals surface area contributed by atoms with Crippen molar-refractivity contribution in [1.29, 1.82) is 0 Å². The Morgan fingerprint density at radius 3 is 2.64 bits per heavy atom. The molecular formula is C7H15NO3. The molecule has 0 saturated heterocycles.